The highest BCUT2D eigenvalue weighted by atomic mass is 79.9. The van der Waals surface area contributed by atoms with Crippen molar-refractivity contribution in [2.45, 2.75) is 6.92 Å². The van der Waals surface area contributed by atoms with Crippen molar-refractivity contribution in [3.05, 3.63) is 111 Å². The number of hydrogen-bond acceptors (Lipinski definition) is 5. The van der Waals surface area contributed by atoms with Gasteiger partial charge in [0.2, 0.25) is 0 Å². The van der Waals surface area contributed by atoms with Crippen LogP contribution in [0.15, 0.2) is 93.1 Å². The van der Waals surface area contributed by atoms with Gasteiger partial charge in [0.25, 0.3) is 11.8 Å². The Morgan fingerprint density at radius 2 is 1.62 bits per heavy atom. The fraction of sp³-hybridized carbons (Fsp3) is 0.0741. The summed E-state index contributed by atoms with van der Waals surface area (Å²) in [5.41, 5.74) is 2.39. The second-order valence-electron chi connectivity index (χ2n) is 8.00. The lowest BCUT2D eigenvalue weighted by atomic mass is 10.2. The molecule has 0 saturated carbocycles. The molecule has 2 heterocycles. The number of nitrogens with zero attached hydrogens (tertiary/aromatic N) is 5. The number of rotatable bonds is 4. The number of aryl methyl sites for hydroxylation is 1. The second kappa shape index (κ2) is 10.2. The van der Waals surface area contributed by atoms with Gasteiger partial charge in [0.15, 0.2) is 11.3 Å². The monoisotopic (exact) mass is 619 g/mol. The van der Waals surface area contributed by atoms with Crippen molar-refractivity contribution in [3.63, 3.8) is 0 Å². The van der Waals surface area contributed by atoms with Crippen LogP contribution < -0.4 is 10.2 Å². The summed E-state index contributed by atoms with van der Waals surface area (Å²) in [6.07, 6.45) is 2.97. The zero-order valence-corrected chi connectivity index (χ0v) is 22.9. The molecule has 0 fully saturated rings. The molecule has 5 aromatic rings. The predicted molar refractivity (Wildman–Crippen MR) is 146 cm³/mol. The average molecular weight is 621 g/mol. The van der Waals surface area contributed by atoms with Crippen LogP contribution in [0.4, 0.5) is 0 Å². The minimum Gasteiger partial charge on any atom is -0.497 e. The highest BCUT2D eigenvalue weighted by Crippen LogP contribution is 2.24. The van der Waals surface area contributed by atoms with Crippen LogP contribution in [0, 0.1) is 6.92 Å². The molecule has 10 heteroatoms. The Morgan fingerprint density at radius 3 is 2.30 bits per heavy atom. The van der Waals surface area contributed by atoms with Crippen LogP contribution in [0.3, 0.4) is 0 Å². The summed E-state index contributed by atoms with van der Waals surface area (Å²) < 4.78 is 9.70. The van der Waals surface area contributed by atoms with Crippen molar-refractivity contribution in [1.29, 1.82) is 0 Å². The lowest BCUT2D eigenvalue weighted by molar-refractivity contribution is 0.0952. The van der Waals surface area contributed by atoms with E-state index in [0.717, 1.165) is 11.0 Å². The molecule has 0 aliphatic heterocycles. The van der Waals surface area contributed by atoms with E-state index in [4.69, 9.17) is 4.74 Å². The van der Waals surface area contributed by atoms with Crippen molar-refractivity contribution in [2.24, 2.45) is 4.99 Å². The summed E-state index contributed by atoms with van der Waals surface area (Å²) in [6, 6.07) is 19.6. The molecular weight excluding hydrogens is 602 g/mol. The quantitative estimate of drug-likeness (QED) is 0.265. The first-order chi connectivity index (χ1) is 17.9. The number of benzene rings is 3. The lowest BCUT2D eigenvalue weighted by Crippen LogP contribution is -2.30. The third-order valence-corrected chi connectivity index (χ3v) is 7.09. The maximum Gasteiger partial charge on any atom is 0.280 e. The van der Waals surface area contributed by atoms with Crippen molar-refractivity contribution in [1.82, 2.24) is 19.1 Å². The molecule has 0 unspecified atom stereocenters. The Bertz CT molecular complexity index is 1760. The molecule has 0 aliphatic carbocycles. The number of imidazole rings is 1. The molecule has 0 radical (unpaired) electrons. The predicted octanol–water partition coefficient (Wildman–Crippen LogP) is 5.49. The molecule has 2 aromatic heterocycles. The maximum atomic E-state index is 13.7. The van der Waals surface area contributed by atoms with E-state index in [1.54, 1.807) is 55.8 Å². The molecule has 37 heavy (non-hydrogen) atoms. The summed E-state index contributed by atoms with van der Waals surface area (Å²) in [7, 11) is 1.60. The van der Waals surface area contributed by atoms with E-state index in [2.05, 4.69) is 46.8 Å². The van der Waals surface area contributed by atoms with Gasteiger partial charge in [-0.05, 0) is 75.2 Å². The number of amides is 1. The summed E-state index contributed by atoms with van der Waals surface area (Å²) in [5.74, 6) is 0.914. The number of carbonyl (C=O) groups excluding carboxylic acids is 2. The fourth-order valence-electron chi connectivity index (χ4n) is 3.92. The third-order valence-electron chi connectivity index (χ3n) is 5.71. The van der Waals surface area contributed by atoms with E-state index in [1.165, 1.54) is 10.8 Å². The standard InChI is InChI=1S/C27H19Br2N5O3/c1-16-31-22-13-17(37-2)11-12-23(22)34(16)25-15-33(27(36)19-8-4-6-10-21(19)29)24(14-30-25)32-26(35)18-7-3-5-9-20(18)28/h3-15H,1-2H3/b32-24+. The molecule has 3 aromatic carbocycles. The number of methoxy groups -OCH3 is 1. The Hall–Kier alpha value is -3.89. The molecule has 0 aliphatic rings. The largest absolute Gasteiger partial charge is 0.497 e. The van der Waals surface area contributed by atoms with Crippen LogP contribution in [0.25, 0.3) is 16.9 Å². The highest BCUT2D eigenvalue weighted by Gasteiger charge is 2.18. The molecular formula is C27H19Br2N5O3. The number of ether oxygens (including phenoxy) is 1. The Balaban J connectivity index is 1.72. The van der Waals surface area contributed by atoms with Gasteiger partial charge in [-0.15, -0.1) is 0 Å². The number of halogens is 2. The van der Waals surface area contributed by atoms with Gasteiger partial charge in [0.1, 0.15) is 11.6 Å². The topological polar surface area (TPSA) is 91.4 Å². The average Bonchev–Trinajstić information content (AvgIpc) is 3.23. The molecule has 0 bridgehead atoms. The molecule has 1 amide bonds. The number of fused-ring (bicyclic) bond motifs is 1. The number of hydrogen-bond donors (Lipinski definition) is 0. The Kier molecular flexibility index (Phi) is 6.86. The molecule has 0 saturated heterocycles. The first-order valence-electron chi connectivity index (χ1n) is 11.1. The molecule has 5 rings (SSSR count). The molecule has 184 valence electrons. The first-order valence-corrected chi connectivity index (χ1v) is 12.7. The second-order valence-corrected chi connectivity index (χ2v) is 9.71. The van der Waals surface area contributed by atoms with Crippen LogP contribution >= 0.6 is 31.9 Å². The number of aromatic nitrogens is 4. The summed E-state index contributed by atoms with van der Waals surface area (Å²) in [6.45, 7) is 1.85. The summed E-state index contributed by atoms with van der Waals surface area (Å²) in [5, 5.41) is 0. The van der Waals surface area contributed by atoms with Gasteiger partial charge >= 0.3 is 0 Å². The van der Waals surface area contributed by atoms with Gasteiger partial charge < -0.3 is 4.74 Å². The number of carbonyl (C=O) groups is 2. The van der Waals surface area contributed by atoms with E-state index in [0.29, 0.717) is 37.5 Å². The van der Waals surface area contributed by atoms with E-state index < -0.39 is 5.91 Å². The van der Waals surface area contributed by atoms with Gasteiger partial charge in [-0.2, -0.15) is 4.99 Å². The zero-order chi connectivity index (χ0) is 26.1. The van der Waals surface area contributed by atoms with E-state index >= 15 is 0 Å². The van der Waals surface area contributed by atoms with Gasteiger partial charge in [-0.3, -0.25) is 18.7 Å². The van der Waals surface area contributed by atoms with Crippen LogP contribution in [0.2, 0.25) is 0 Å². The molecule has 0 atom stereocenters. The summed E-state index contributed by atoms with van der Waals surface area (Å²) in [4.78, 5) is 40.2. The molecule has 0 N–H and O–H groups in total. The van der Waals surface area contributed by atoms with Gasteiger partial charge in [0.05, 0.1) is 41.7 Å². The van der Waals surface area contributed by atoms with Gasteiger partial charge in [0, 0.05) is 15.0 Å². The third kappa shape index (κ3) is 4.77. The smallest absolute Gasteiger partial charge is 0.280 e. The summed E-state index contributed by atoms with van der Waals surface area (Å²) >= 11 is 6.84. The lowest BCUT2D eigenvalue weighted by Gasteiger charge is -2.12. The van der Waals surface area contributed by atoms with Crippen LogP contribution in [-0.2, 0) is 0 Å². The van der Waals surface area contributed by atoms with Crippen molar-refractivity contribution in [3.8, 4) is 11.6 Å². The Morgan fingerprint density at radius 1 is 0.946 bits per heavy atom. The van der Waals surface area contributed by atoms with Crippen molar-refractivity contribution >= 4 is 54.7 Å². The van der Waals surface area contributed by atoms with Gasteiger partial charge in [-0.1, -0.05) is 24.3 Å². The normalized spacial score (nSPS) is 11.6. The van der Waals surface area contributed by atoms with E-state index in [1.807, 2.05) is 35.8 Å². The van der Waals surface area contributed by atoms with Crippen LogP contribution in [0.5, 0.6) is 5.75 Å². The van der Waals surface area contributed by atoms with Crippen molar-refractivity contribution in [2.75, 3.05) is 7.11 Å². The Labute approximate surface area is 228 Å². The maximum absolute atomic E-state index is 13.7. The fourth-order valence-corrected chi connectivity index (χ4v) is 4.83. The van der Waals surface area contributed by atoms with Crippen LogP contribution in [0.1, 0.15) is 26.5 Å². The van der Waals surface area contributed by atoms with E-state index in [9.17, 15) is 9.59 Å². The van der Waals surface area contributed by atoms with Crippen molar-refractivity contribution < 1.29 is 14.3 Å². The minimum absolute atomic E-state index is 0.0917. The van der Waals surface area contributed by atoms with Crippen LogP contribution in [-0.4, -0.2) is 38.0 Å². The van der Waals surface area contributed by atoms with Gasteiger partial charge in [-0.25, -0.2) is 9.97 Å². The first kappa shape index (κ1) is 24.8. The zero-order valence-electron chi connectivity index (χ0n) is 19.7. The SMILES string of the molecule is COc1ccc2c(c1)nc(C)n2-c1cn(C(=O)c2ccccc2Br)/c(=N/C(=O)c2ccccc2Br)cn1. The molecule has 0 spiro atoms. The molecule has 8 nitrogen and oxygen atoms in total. The minimum atomic E-state index is -0.507. The van der Waals surface area contributed by atoms with E-state index in [-0.39, 0.29) is 11.4 Å². The highest BCUT2D eigenvalue weighted by molar-refractivity contribution is 9.10.